The van der Waals surface area contributed by atoms with Crippen molar-refractivity contribution in [3.63, 3.8) is 0 Å². The Hall–Kier alpha value is -2.79. The molecule has 1 fully saturated rings. The molecule has 1 saturated carbocycles. The standard InChI is InChI=1S/C21H22F5N3O3/c1-13(28-20(30)15-8-16(9-15)31-6-7-32-21(24,25)26)4-5-29-11-19(27-12-29)14-2-3-17(22)18(23)10-14/h2-3,10-12,15-16H,1,4-9H2,(H,28,30)/t15-,16-. The van der Waals surface area contributed by atoms with E-state index in [9.17, 15) is 26.7 Å². The first-order valence-corrected chi connectivity index (χ1v) is 9.89. The van der Waals surface area contributed by atoms with Crippen LogP contribution in [0.25, 0.3) is 11.3 Å². The molecule has 174 valence electrons. The topological polar surface area (TPSA) is 65.4 Å². The number of alkyl halides is 3. The number of nitrogens with zero attached hydrogens (tertiary/aromatic N) is 2. The van der Waals surface area contributed by atoms with Gasteiger partial charge in [0.1, 0.15) is 0 Å². The number of halogens is 5. The molecule has 6 nitrogen and oxygen atoms in total. The molecule has 1 heterocycles. The number of ether oxygens (including phenoxy) is 2. The van der Waals surface area contributed by atoms with E-state index in [-0.39, 0.29) is 24.5 Å². The number of aromatic nitrogens is 2. The van der Waals surface area contributed by atoms with Crippen LogP contribution in [0.3, 0.4) is 0 Å². The third-order valence-corrected chi connectivity index (χ3v) is 4.99. The van der Waals surface area contributed by atoms with E-state index < -0.39 is 24.6 Å². The van der Waals surface area contributed by atoms with Crippen molar-refractivity contribution in [1.29, 1.82) is 0 Å². The third-order valence-electron chi connectivity index (χ3n) is 4.99. The number of carbonyl (C=O) groups excluding carboxylic acids is 1. The molecule has 1 aliphatic carbocycles. The van der Waals surface area contributed by atoms with Crippen LogP contribution >= 0.6 is 0 Å². The molecule has 1 aromatic carbocycles. The fourth-order valence-electron chi connectivity index (χ4n) is 3.18. The Morgan fingerprint density at radius 2 is 1.97 bits per heavy atom. The summed E-state index contributed by atoms with van der Waals surface area (Å²) in [6.07, 6.45) is -0.449. The monoisotopic (exact) mass is 459 g/mol. The van der Waals surface area contributed by atoms with Gasteiger partial charge < -0.3 is 14.6 Å². The second-order valence-corrected chi connectivity index (χ2v) is 7.42. The molecule has 0 unspecified atom stereocenters. The molecule has 1 N–H and O–H groups in total. The van der Waals surface area contributed by atoms with Gasteiger partial charge in [0.15, 0.2) is 11.6 Å². The molecule has 0 spiro atoms. The highest BCUT2D eigenvalue weighted by Gasteiger charge is 2.35. The van der Waals surface area contributed by atoms with E-state index in [4.69, 9.17) is 4.74 Å². The molecule has 11 heteroatoms. The number of allylic oxidation sites excluding steroid dienone is 1. The van der Waals surface area contributed by atoms with E-state index in [0.29, 0.717) is 42.8 Å². The summed E-state index contributed by atoms with van der Waals surface area (Å²) in [6.45, 7) is 3.52. The zero-order valence-corrected chi connectivity index (χ0v) is 17.0. The van der Waals surface area contributed by atoms with Crippen molar-refractivity contribution >= 4 is 5.91 Å². The van der Waals surface area contributed by atoms with Crippen molar-refractivity contribution < 1.29 is 36.2 Å². The Bertz CT molecular complexity index is 954. The molecule has 32 heavy (non-hydrogen) atoms. The molecule has 1 aliphatic rings. The van der Waals surface area contributed by atoms with Gasteiger partial charge in [-0.05, 0) is 31.0 Å². The number of imidazole rings is 1. The van der Waals surface area contributed by atoms with Gasteiger partial charge in [0.05, 0.1) is 31.3 Å². The first-order chi connectivity index (χ1) is 15.1. The third kappa shape index (κ3) is 6.86. The number of amides is 1. The summed E-state index contributed by atoms with van der Waals surface area (Å²) in [5.74, 6) is -2.38. The smallest absolute Gasteiger partial charge is 0.376 e. The Kier molecular flexibility index (Phi) is 7.62. The molecule has 0 bridgehead atoms. The molecule has 1 aromatic heterocycles. The van der Waals surface area contributed by atoms with Crippen molar-refractivity contribution in [2.45, 2.75) is 38.3 Å². The average Bonchev–Trinajstić information content (AvgIpc) is 3.15. The number of carbonyl (C=O) groups is 1. The van der Waals surface area contributed by atoms with Gasteiger partial charge in [-0.1, -0.05) is 6.58 Å². The highest BCUT2D eigenvalue weighted by atomic mass is 19.4. The van der Waals surface area contributed by atoms with Crippen molar-refractivity contribution in [3.05, 3.63) is 54.6 Å². The van der Waals surface area contributed by atoms with Crippen LogP contribution in [0.4, 0.5) is 22.0 Å². The first kappa shape index (κ1) is 23.9. The number of benzene rings is 1. The van der Waals surface area contributed by atoms with Crippen LogP contribution in [0.5, 0.6) is 0 Å². The molecule has 3 rings (SSSR count). The summed E-state index contributed by atoms with van der Waals surface area (Å²) in [6, 6.07) is 3.54. The number of hydrogen-bond donors (Lipinski definition) is 1. The van der Waals surface area contributed by atoms with Crippen molar-refractivity contribution in [3.8, 4) is 11.3 Å². The van der Waals surface area contributed by atoms with Crippen LogP contribution in [0, 0.1) is 17.6 Å². The largest absolute Gasteiger partial charge is 0.522 e. The van der Waals surface area contributed by atoms with Crippen LogP contribution < -0.4 is 5.32 Å². The summed E-state index contributed by atoms with van der Waals surface area (Å²) in [4.78, 5) is 16.4. The lowest BCUT2D eigenvalue weighted by Crippen LogP contribution is -2.42. The summed E-state index contributed by atoms with van der Waals surface area (Å²) < 4.78 is 72.6. The second-order valence-electron chi connectivity index (χ2n) is 7.42. The van der Waals surface area contributed by atoms with Gasteiger partial charge in [-0.25, -0.2) is 13.8 Å². The van der Waals surface area contributed by atoms with Crippen LogP contribution in [0.2, 0.25) is 0 Å². The normalized spacial score (nSPS) is 18.3. The molecular weight excluding hydrogens is 437 g/mol. The zero-order valence-electron chi connectivity index (χ0n) is 17.0. The van der Waals surface area contributed by atoms with Gasteiger partial charge in [0, 0.05) is 36.3 Å². The van der Waals surface area contributed by atoms with E-state index in [1.54, 1.807) is 17.1 Å². The summed E-state index contributed by atoms with van der Waals surface area (Å²) >= 11 is 0. The van der Waals surface area contributed by atoms with Gasteiger partial charge in [-0.15, -0.1) is 13.2 Å². The van der Waals surface area contributed by atoms with Gasteiger partial charge in [0.25, 0.3) is 0 Å². The summed E-state index contributed by atoms with van der Waals surface area (Å²) in [5, 5.41) is 2.72. The Morgan fingerprint density at radius 3 is 2.66 bits per heavy atom. The van der Waals surface area contributed by atoms with Gasteiger partial charge in [-0.2, -0.15) is 0 Å². The Morgan fingerprint density at radius 1 is 1.22 bits per heavy atom. The fraction of sp³-hybridized carbons (Fsp3) is 0.429. The van der Waals surface area contributed by atoms with Gasteiger partial charge >= 0.3 is 6.36 Å². The van der Waals surface area contributed by atoms with Gasteiger partial charge in [0.2, 0.25) is 5.91 Å². The fourth-order valence-corrected chi connectivity index (χ4v) is 3.18. The van der Waals surface area contributed by atoms with Crippen LogP contribution in [-0.2, 0) is 20.8 Å². The zero-order chi connectivity index (χ0) is 23.3. The molecular formula is C21H22F5N3O3. The van der Waals surface area contributed by atoms with Crippen molar-refractivity contribution in [2.75, 3.05) is 13.2 Å². The highest BCUT2D eigenvalue weighted by molar-refractivity contribution is 5.81. The Balaban J connectivity index is 1.35. The lowest BCUT2D eigenvalue weighted by atomic mass is 9.81. The Labute approximate surface area is 181 Å². The van der Waals surface area contributed by atoms with Crippen LogP contribution in [0.1, 0.15) is 19.3 Å². The van der Waals surface area contributed by atoms with Crippen LogP contribution in [-0.4, -0.2) is 41.1 Å². The maximum absolute atomic E-state index is 13.4. The SMILES string of the molecule is C=C(CCn1cnc(-c2ccc(F)c(F)c2)c1)NC(=O)[C@H]1C[C@H](OCCOC(F)(F)F)C1. The maximum atomic E-state index is 13.4. The van der Waals surface area contributed by atoms with Gasteiger partial charge in [-0.3, -0.25) is 9.53 Å². The summed E-state index contributed by atoms with van der Waals surface area (Å²) in [7, 11) is 0. The van der Waals surface area contributed by atoms with Crippen molar-refractivity contribution in [2.24, 2.45) is 5.92 Å². The molecule has 0 atom stereocenters. The predicted molar refractivity (Wildman–Crippen MR) is 104 cm³/mol. The summed E-state index contributed by atoms with van der Waals surface area (Å²) in [5.41, 5.74) is 1.43. The molecule has 0 aliphatic heterocycles. The minimum atomic E-state index is -4.68. The van der Waals surface area contributed by atoms with E-state index >= 15 is 0 Å². The van der Waals surface area contributed by atoms with E-state index in [0.717, 1.165) is 12.1 Å². The lowest BCUT2D eigenvalue weighted by Gasteiger charge is -2.34. The minimum absolute atomic E-state index is 0.192. The van der Waals surface area contributed by atoms with E-state index in [1.165, 1.54) is 6.07 Å². The number of hydrogen-bond acceptors (Lipinski definition) is 4. The van der Waals surface area contributed by atoms with E-state index in [2.05, 4.69) is 21.6 Å². The molecule has 1 amide bonds. The number of nitrogens with one attached hydrogen (secondary N) is 1. The predicted octanol–water partition coefficient (Wildman–Crippen LogP) is 4.18. The van der Waals surface area contributed by atoms with E-state index in [1.807, 2.05) is 0 Å². The highest BCUT2D eigenvalue weighted by Crippen LogP contribution is 2.30. The quantitative estimate of drug-likeness (QED) is 0.428. The molecule has 2 aromatic rings. The average molecular weight is 459 g/mol. The molecule has 0 saturated heterocycles. The second kappa shape index (κ2) is 10.2. The van der Waals surface area contributed by atoms with Crippen LogP contribution in [0.15, 0.2) is 43.0 Å². The lowest BCUT2D eigenvalue weighted by molar-refractivity contribution is -0.328. The maximum Gasteiger partial charge on any atom is 0.522 e. The molecule has 0 radical (unpaired) electrons. The number of aryl methyl sites for hydroxylation is 1. The minimum Gasteiger partial charge on any atom is -0.376 e. The first-order valence-electron chi connectivity index (χ1n) is 9.89. The van der Waals surface area contributed by atoms with Crippen molar-refractivity contribution in [1.82, 2.24) is 14.9 Å². The number of rotatable bonds is 10.